The van der Waals surface area contributed by atoms with Gasteiger partial charge in [0.25, 0.3) is 0 Å². The van der Waals surface area contributed by atoms with E-state index in [1.807, 2.05) is 26.0 Å². The molecule has 2 N–H and O–H groups in total. The number of halogens is 1. The van der Waals surface area contributed by atoms with E-state index in [2.05, 4.69) is 10.1 Å². The Kier molecular flexibility index (Phi) is 2.94. The Morgan fingerprint density at radius 1 is 1.44 bits per heavy atom. The number of nitrogens with two attached hydrogens (primary N) is 1. The van der Waals surface area contributed by atoms with Crippen molar-refractivity contribution in [2.75, 3.05) is 0 Å². The fourth-order valence-electron chi connectivity index (χ4n) is 1.36. The van der Waals surface area contributed by atoms with E-state index in [-0.39, 0.29) is 6.04 Å². The first-order chi connectivity index (χ1) is 7.58. The maximum Gasteiger partial charge on any atom is 0.153 e. The molecule has 0 saturated heterocycles. The fourth-order valence-corrected chi connectivity index (χ4v) is 1.49. The molecule has 0 aliphatic carbocycles. The minimum Gasteiger partial charge on any atom is -0.324 e. The minimum absolute atomic E-state index is 0.00973. The zero-order valence-electron chi connectivity index (χ0n) is 9.18. The van der Waals surface area contributed by atoms with E-state index in [4.69, 9.17) is 17.3 Å². The van der Waals surface area contributed by atoms with Crippen LogP contribution in [-0.2, 0) is 0 Å². The molecule has 2 aromatic rings. The van der Waals surface area contributed by atoms with Gasteiger partial charge in [0.2, 0.25) is 0 Å². The summed E-state index contributed by atoms with van der Waals surface area (Å²) >= 11 is 5.93. The number of aromatic nitrogens is 3. The molecule has 2 aromatic heterocycles. The van der Waals surface area contributed by atoms with Crippen LogP contribution < -0.4 is 5.73 Å². The lowest BCUT2D eigenvalue weighted by molar-refractivity contribution is 0.794. The molecule has 16 heavy (non-hydrogen) atoms. The first kappa shape index (κ1) is 11.1. The number of hydrogen-bond donors (Lipinski definition) is 1. The van der Waals surface area contributed by atoms with Crippen LogP contribution in [-0.4, -0.2) is 14.8 Å². The van der Waals surface area contributed by atoms with Gasteiger partial charge in [0.05, 0.1) is 16.9 Å². The van der Waals surface area contributed by atoms with E-state index in [1.54, 1.807) is 17.1 Å². The van der Waals surface area contributed by atoms with E-state index < -0.39 is 0 Å². The van der Waals surface area contributed by atoms with Crippen molar-refractivity contribution in [1.29, 1.82) is 0 Å². The third-order valence-corrected chi connectivity index (χ3v) is 2.74. The van der Waals surface area contributed by atoms with Crippen LogP contribution in [0.5, 0.6) is 0 Å². The van der Waals surface area contributed by atoms with Gasteiger partial charge in [-0.3, -0.25) is 0 Å². The summed E-state index contributed by atoms with van der Waals surface area (Å²) in [6.07, 6.45) is 3.50. The molecule has 5 heteroatoms. The van der Waals surface area contributed by atoms with Gasteiger partial charge in [-0.15, -0.1) is 0 Å². The summed E-state index contributed by atoms with van der Waals surface area (Å²) in [7, 11) is 0. The van der Waals surface area contributed by atoms with E-state index >= 15 is 0 Å². The zero-order valence-corrected chi connectivity index (χ0v) is 9.94. The molecule has 0 bridgehead atoms. The Bertz CT molecular complexity index is 468. The largest absolute Gasteiger partial charge is 0.324 e. The van der Waals surface area contributed by atoms with Gasteiger partial charge in [0.1, 0.15) is 0 Å². The molecule has 0 unspecified atom stereocenters. The maximum absolute atomic E-state index is 5.93. The van der Waals surface area contributed by atoms with Gasteiger partial charge < -0.3 is 5.73 Å². The van der Waals surface area contributed by atoms with Crippen molar-refractivity contribution in [2.45, 2.75) is 19.9 Å². The van der Waals surface area contributed by atoms with Crippen LogP contribution in [0.15, 0.2) is 24.5 Å². The summed E-state index contributed by atoms with van der Waals surface area (Å²) in [5.41, 5.74) is 7.54. The van der Waals surface area contributed by atoms with Crippen molar-refractivity contribution in [3.63, 3.8) is 0 Å². The van der Waals surface area contributed by atoms with Crippen molar-refractivity contribution >= 4 is 11.6 Å². The van der Waals surface area contributed by atoms with Gasteiger partial charge in [-0.1, -0.05) is 17.7 Å². The molecule has 0 spiro atoms. The molecule has 0 aliphatic heterocycles. The Morgan fingerprint density at radius 2 is 2.19 bits per heavy atom. The van der Waals surface area contributed by atoms with Gasteiger partial charge in [-0.25, -0.2) is 9.67 Å². The average Bonchev–Trinajstić information content (AvgIpc) is 2.59. The van der Waals surface area contributed by atoms with Crippen molar-refractivity contribution in [2.24, 2.45) is 5.73 Å². The summed E-state index contributed by atoms with van der Waals surface area (Å²) in [6.45, 7) is 3.78. The van der Waals surface area contributed by atoms with Gasteiger partial charge >= 0.3 is 0 Å². The third-order valence-electron chi connectivity index (χ3n) is 2.37. The van der Waals surface area contributed by atoms with E-state index in [1.165, 1.54) is 0 Å². The van der Waals surface area contributed by atoms with Crippen molar-refractivity contribution in [3.05, 3.63) is 40.8 Å². The molecular weight excluding hydrogens is 224 g/mol. The summed E-state index contributed by atoms with van der Waals surface area (Å²) in [6, 6.07) is 3.81. The van der Waals surface area contributed by atoms with Gasteiger partial charge in [0, 0.05) is 12.2 Å². The van der Waals surface area contributed by atoms with Crippen LogP contribution in [0.2, 0.25) is 5.02 Å². The molecule has 4 nitrogen and oxygen atoms in total. The normalized spacial score (nSPS) is 12.8. The first-order valence-corrected chi connectivity index (χ1v) is 5.39. The fraction of sp³-hybridized carbons (Fsp3) is 0.273. The Labute approximate surface area is 99.1 Å². The van der Waals surface area contributed by atoms with E-state index in [0.29, 0.717) is 5.02 Å². The van der Waals surface area contributed by atoms with Crippen molar-refractivity contribution in [1.82, 2.24) is 14.8 Å². The first-order valence-electron chi connectivity index (χ1n) is 5.01. The highest BCUT2D eigenvalue weighted by Gasteiger charge is 2.05. The van der Waals surface area contributed by atoms with Crippen LogP contribution in [0, 0.1) is 6.92 Å². The molecule has 0 aliphatic rings. The zero-order chi connectivity index (χ0) is 11.7. The monoisotopic (exact) mass is 236 g/mol. The highest BCUT2D eigenvalue weighted by Crippen LogP contribution is 2.16. The molecule has 2 rings (SSSR count). The Hall–Kier alpha value is -1.39. The smallest absolute Gasteiger partial charge is 0.153 e. The highest BCUT2D eigenvalue weighted by atomic mass is 35.5. The molecule has 84 valence electrons. The van der Waals surface area contributed by atoms with E-state index in [9.17, 15) is 0 Å². The van der Waals surface area contributed by atoms with Crippen molar-refractivity contribution < 1.29 is 0 Å². The predicted octanol–water partition coefficient (Wildman–Crippen LogP) is 2.25. The Morgan fingerprint density at radius 3 is 2.62 bits per heavy atom. The second-order valence-electron chi connectivity index (χ2n) is 3.75. The average molecular weight is 237 g/mol. The summed E-state index contributed by atoms with van der Waals surface area (Å²) in [5.74, 6) is 0.736. The van der Waals surface area contributed by atoms with Crippen molar-refractivity contribution in [3.8, 4) is 5.82 Å². The molecule has 1 atom stereocenters. The highest BCUT2D eigenvalue weighted by molar-refractivity contribution is 6.31. The molecule has 0 radical (unpaired) electrons. The lowest BCUT2D eigenvalue weighted by atomic mass is 10.2. The SMILES string of the molecule is Cc1nn(-c2ccc([C@@H](C)N)cn2)cc1Cl. The summed E-state index contributed by atoms with van der Waals surface area (Å²) in [5, 5.41) is 4.88. The quantitative estimate of drug-likeness (QED) is 0.870. The number of aryl methyl sites for hydroxylation is 1. The second kappa shape index (κ2) is 4.23. The molecule has 0 saturated carbocycles. The number of hydrogen-bond acceptors (Lipinski definition) is 3. The predicted molar refractivity (Wildman–Crippen MR) is 63.7 cm³/mol. The lowest BCUT2D eigenvalue weighted by Gasteiger charge is -2.05. The minimum atomic E-state index is -0.00973. The number of rotatable bonds is 2. The molecular formula is C11H13ClN4. The second-order valence-corrected chi connectivity index (χ2v) is 4.15. The Balaban J connectivity index is 2.34. The van der Waals surface area contributed by atoms with Crippen LogP contribution >= 0.6 is 11.6 Å². The van der Waals surface area contributed by atoms with Crippen LogP contribution in [0.3, 0.4) is 0 Å². The van der Waals surface area contributed by atoms with Crippen LogP contribution in [0.25, 0.3) is 5.82 Å². The third kappa shape index (κ3) is 2.08. The molecule has 0 fully saturated rings. The molecule has 0 aromatic carbocycles. The summed E-state index contributed by atoms with van der Waals surface area (Å²) < 4.78 is 1.66. The summed E-state index contributed by atoms with van der Waals surface area (Å²) in [4.78, 5) is 4.29. The topological polar surface area (TPSA) is 56.7 Å². The maximum atomic E-state index is 5.93. The number of nitrogens with zero attached hydrogens (tertiary/aromatic N) is 3. The van der Waals surface area contributed by atoms with Gasteiger partial charge in [-0.2, -0.15) is 5.10 Å². The van der Waals surface area contributed by atoms with E-state index in [0.717, 1.165) is 17.1 Å². The number of pyridine rings is 1. The lowest BCUT2D eigenvalue weighted by Crippen LogP contribution is -2.06. The molecule has 2 heterocycles. The standard InChI is InChI=1S/C11H13ClN4/c1-7(13)9-3-4-11(14-5-9)16-6-10(12)8(2)15-16/h3-7H,13H2,1-2H3/t7-/m1/s1. The van der Waals surface area contributed by atoms with Crippen LogP contribution in [0.1, 0.15) is 24.2 Å². The molecule has 0 amide bonds. The van der Waals surface area contributed by atoms with Gasteiger partial charge in [-0.05, 0) is 25.5 Å². The van der Waals surface area contributed by atoms with Gasteiger partial charge in [0.15, 0.2) is 5.82 Å². The van der Waals surface area contributed by atoms with Crippen LogP contribution in [0.4, 0.5) is 0 Å².